The molecule has 0 N–H and O–H groups in total. The van der Waals surface area contributed by atoms with E-state index in [0.717, 1.165) is 45.2 Å². The second-order valence-electron chi connectivity index (χ2n) is 13.2. The summed E-state index contributed by atoms with van der Waals surface area (Å²) < 4.78 is 18.9. The lowest BCUT2D eigenvalue weighted by Crippen LogP contribution is -2.32. The maximum Gasteiger partial charge on any atom is 0.150 e. The first-order valence-corrected chi connectivity index (χ1v) is 16.6. The number of rotatable bonds is 5. The summed E-state index contributed by atoms with van der Waals surface area (Å²) in [5, 5.41) is 2.41. The van der Waals surface area contributed by atoms with Gasteiger partial charge in [0.25, 0.3) is 0 Å². The predicted octanol–water partition coefficient (Wildman–Crippen LogP) is 11.4. The van der Waals surface area contributed by atoms with E-state index in [0.29, 0.717) is 11.1 Å². The van der Waals surface area contributed by atoms with Gasteiger partial charge in [-0.25, -0.2) is 9.37 Å². The smallest absolute Gasteiger partial charge is 0.150 e. The van der Waals surface area contributed by atoms with Gasteiger partial charge in [0.05, 0.1) is 22.4 Å². The summed E-state index contributed by atoms with van der Waals surface area (Å²) >= 11 is 0. The Morgan fingerprint density at radius 2 is 1.35 bits per heavy atom. The summed E-state index contributed by atoms with van der Waals surface area (Å²) in [7, 11) is 0. The van der Waals surface area contributed by atoms with Crippen molar-refractivity contribution < 1.29 is 4.39 Å². The highest BCUT2D eigenvalue weighted by Gasteiger charge is 2.40. The van der Waals surface area contributed by atoms with Crippen LogP contribution in [0.3, 0.4) is 0 Å². The second-order valence-corrected chi connectivity index (χ2v) is 13.2. The molecule has 5 heteroatoms. The second kappa shape index (κ2) is 11.3. The zero-order chi connectivity index (χ0) is 33.1. The summed E-state index contributed by atoms with van der Waals surface area (Å²) in [6.07, 6.45) is 2.28. The molecule has 8 aromatic rings. The molecule has 3 aromatic heterocycles. The lowest BCUT2D eigenvalue weighted by atomic mass is 9.73. The van der Waals surface area contributed by atoms with Crippen molar-refractivity contribution in [2.75, 3.05) is 4.90 Å². The van der Waals surface area contributed by atoms with Crippen LogP contribution in [0.5, 0.6) is 0 Å². The van der Waals surface area contributed by atoms with Gasteiger partial charge in [0.1, 0.15) is 5.82 Å². The minimum absolute atomic E-state index is 0.387. The third-order valence-electron chi connectivity index (χ3n) is 9.93. The number of halogens is 1. The molecule has 9 rings (SSSR count). The third kappa shape index (κ3) is 4.57. The van der Waals surface area contributed by atoms with Gasteiger partial charge in [-0.05, 0) is 71.8 Å². The molecule has 0 fully saturated rings. The molecule has 0 aliphatic carbocycles. The average molecular weight is 637 g/mol. The fourth-order valence-electron chi connectivity index (χ4n) is 7.67. The van der Waals surface area contributed by atoms with E-state index in [2.05, 4.69) is 107 Å². The summed E-state index contributed by atoms with van der Waals surface area (Å²) in [5.41, 5.74) is 10.1. The van der Waals surface area contributed by atoms with E-state index >= 15 is 4.39 Å². The van der Waals surface area contributed by atoms with E-state index < -0.39 is 6.17 Å². The molecular formula is C44H33FN4. The van der Waals surface area contributed by atoms with Gasteiger partial charge in [0.15, 0.2) is 6.17 Å². The monoisotopic (exact) mass is 636 g/mol. The first kappa shape index (κ1) is 29.1. The van der Waals surface area contributed by atoms with E-state index in [1.807, 2.05) is 72.9 Å². The molecule has 1 aliphatic heterocycles. The molecule has 0 radical (unpaired) electrons. The number of aromatic nitrogens is 3. The van der Waals surface area contributed by atoms with Crippen LogP contribution in [-0.4, -0.2) is 14.5 Å². The van der Waals surface area contributed by atoms with Gasteiger partial charge in [-0.15, -0.1) is 0 Å². The van der Waals surface area contributed by atoms with Crippen LogP contribution in [0.4, 0.5) is 21.6 Å². The number of hydrogen-bond acceptors (Lipinski definition) is 3. The molecule has 1 aliphatic rings. The third-order valence-corrected chi connectivity index (χ3v) is 9.93. The molecule has 0 saturated heterocycles. The summed E-state index contributed by atoms with van der Waals surface area (Å²) in [6, 6.07) is 49.1. The van der Waals surface area contributed by atoms with Crippen LogP contribution >= 0.6 is 0 Å². The van der Waals surface area contributed by atoms with Crippen LogP contribution in [0.15, 0.2) is 158 Å². The number of hydrogen-bond donors (Lipinski definition) is 0. The van der Waals surface area contributed by atoms with Gasteiger partial charge < -0.3 is 4.57 Å². The quantitative estimate of drug-likeness (QED) is 0.188. The van der Waals surface area contributed by atoms with Crippen molar-refractivity contribution >= 4 is 39.0 Å². The van der Waals surface area contributed by atoms with Crippen molar-refractivity contribution in [1.29, 1.82) is 0 Å². The first-order chi connectivity index (χ1) is 24.0. The Kier molecular flexibility index (Phi) is 6.70. The molecular weight excluding hydrogens is 604 g/mol. The average Bonchev–Trinajstić information content (AvgIpc) is 3.50. The van der Waals surface area contributed by atoms with Gasteiger partial charge >= 0.3 is 0 Å². The normalized spacial score (nSPS) is 14.1. The number of alkyl halides is 1. The molecule has 1 unspecified atom stereocenters. The minimum Gasteiger partial charge on any atom is -0.309 e. The van der Waals surface area contributed by atoms with Crippen LogP contribution in [0.1, 0.15) is 42.3 Å². The molecule has 236 valence electrons. The van der Waals surface area contributed by atoms with Crippen molar-refractivity contribution in [2.45, 2.75) is 25.4 Å². The van der Waals surface area contributed by atoms with Crippen LogP contribution in [0.25, 0.3) is 38.8 Å². The maximum absolute atomic E-state index is 16.5. The Morgan fingerprint density at radius 3 is 2.18 bits per heavy atom. The summed E-state index contributed by atoms with van der Waals surface area (Å²) in [4.78, 5) is 11.7. The van der Waals surface area contributed by atoms with Gasteiger partial charge in [-0.1, -0.05) is 98.8 Å². The van der Waals surface area contributed by atoms with Gasteiger partial charge in [0.2, 0.25) is 0 Å². The lowest BCUT2D eigenvalue weighted by molar-refractivity contribution is 0.402. The molecule has 49 heavy (non-hydrogen) atoms. The van der Waals surface area contributed by atoms with Crippen LogP contribution in [0, 0.1) is 0 Å². The number of benzene rings is 5. The number of pyridine rings is 2. The van der Waals surface area contributed by atoms with E-state index in [1.165, 1.54) is 21.9 Å². The van der Waals surface area contributed by atoms with Crippen molar-refractivity contribution in [3.63, 3.8) is 0 Å². The Balaban J connectivity index is 1.25. The van der Waals surface area contributed by atoms with E-state index in [9.17, 15) is 0 Å². The SMILES string of the molecule is CC1(C)c2cccnc2N(c2cccc(C(F)c3cccc(-c4ccccn4)c3)c2)c2ccc3c4ccccc4n(-c4ccccc4)c3c21. The highest BCUT2D eigenvalue weighted by atomic mass is 19.1. The van der Waals surface area contributed by atoms with Crippen molar-refractivity contribution in [3.05, 3.63) is 180 Å². The topological polar surface area (TPSA) is 34.0 Å². The van der Waals surface area contributed by atoms with Crippen LogP contribution in [-0.2, 0) is 5.41 Å². The highest BCUT2D eigenvalue weighted by Crippen LogP contribution is 2.54. The molecule has 0 bridgehead atoms. The number of anilines is 3. The molecule has 4 heterocycles. The van der Waals surface area contributed by atoms with Gasteiger partial charge in [0, 0.05) is 56.6 Å². The predicted molar refractivity (Wildman–Crippen MR) is 198 cm³/mol. The minimum atomic E-state index is -1.32. The zero-order valence-electron chi connectivity index (χ0n) is 27.3. The summed E-state index contributed by atoms with van der Waals surface area (Å²) in [5.74, 6) is 0.853. The van der Waals surface area contributed by atoms with Crippen molar-refractivity contribution in [2.24, 2.45) is 0 Å². The zero-order valence-corrected chi connectivity index (χ0v) is 27.3. The van der Waals surface area contributed by atoms with Crippen LogP contribution < -0.4 is 4.90 Å². The lowest BCUT2D eigenvalue weighted by Gasteiger charge is -2.41. The van der Waals surface area contributed by atoms with Crippen molar-refractivity contribution in [3.8, 4) is 16.9 Å². The number of fused-ring (bicyclic) bond motifs is 6. The first-order valence-electron chi connectivity index (χ1n) is 16.6. The number of para-hydroxylation sites is 2. The molecule has 1 atom stereocenters. The Bertz CT molecular complexity index is 2500. The Hall–Kier alpha value is -6.07. The fraction of sp³-hybridized carbons (Fsp3) is 0.0909. The standard InChI is InChI=1S/C44H33FN4/c1-44(2)36-20-12-26-47-43(36)49(33-18-11-15-31(28-33)41(45)30-14-10-13-29(27-30)37-21-8-9-25-46-37)39-24-23-35-34-19-6-7-22-38(34)48(42(35)40(39)44)32-16-4-3-5-17-32/h3-28,41H,1-2H3. The maximum atomic E-state index is 16.5. The number of nitrogens with zero attached hydrogens (tertiary/aromatic N) is 4. The Labute approximate surface area is 284 Å². The van der Waals surface area contributed by atoms with E-state index in [4.69, 9.17) is 4.98 Å². The highest BCUT2D eigenvalue weighted by molar-refractivity contribution is 6.13. The van der Waals surface area contributed by atoms with Gasteiger partial charge in [-0.3, -0.25) is 9.88 Å². The fourth-order valence-corrected chi connectivity index (χ4v) is 7.67. The van der Waals surface area contributed by atoms with E-state index in [1.54, 1.807) is 6.20 Å². The molecule has 0 amide bonds. The van der Waals surface area contributed by atoms with E-state index in [-0.39, 0.29) is 5.41 Å². The van der Waals surface area contributed by atoms with Gasteiger partial charge in [-0.2, -0.15) is 0 Å². The molecule has 5 aromatic carbocycles. The van der Waals surface area contributed by atoms with Crippen molar-refractivity contribution in [1.82, 2.24) is 14.5 Å². The molecule has 0 saturated carbocycles. The summed E-state index contributed by atoms with van der Waals surface area (Å²) in [6.45, 7) is 4.58. The molecule has 0 spiro atoms. The molecule has 4 nitrogen and oxygen atoms in total. The Morgan fingerprint density at radius 1 is 0.612 bits per heavy atom. The largest absolute Gasteiger partial charge is 0.309 e. The van der Waals surface area contributed by atoms with Crippen LogP contribution in [0.2, 0.25) is 0 Å².